The zero-order valence-corrected chi connectivity index (χ0v) is 15.3. The largest absolute Gasteiger partial charge is 0.341 e. The fraction of sp³-hybridized carbons (Fsp3) is 0.556. The molecule has 0 bridgehead atoms. The molecule has 1 unspecified atom stereocenters. The first-order valence-electron chi connectivity index (χ1n) is 8.45. The number of carbonyl (C=O) groups is 2. The normalized spacial score (nSPS) is 21.5. The number of halogens is 2. The molecular weight excluding hydrogens is 347 g/mol. The van der Waals surface area contributed by atoms with Gasteiger partial charge in [0.1, 0.15) is 0 Å². The van der Waals surface area contributed by atoms with Crippen molar-refractivity contribution >= 4 is 35.0 Å². The molecule has 3 rings (SSSR count). The van der Waals surface area contributed by atoms with Crippen molar-refractivity contribution in [3.05, 3.63) is 33.8 Å². The standard InChI is InChI=1S/C18H22Cl2N2O2/c1-21(18(24)13-6-7-15(19)16(20)9-13)10-12-8-17(23)22(11-12)14-4-2-3-5-14/h6-7,9,12,14H,2-5,8,10-11H2,1H3. The van der Waals surface area contributed by atoms with Crippen molar-refractivity contribution in [3.63, 3.8) is 0 Å². The number of rotatable bonds is 4. The van der Waals surface area contributed by atoms with Gasteiger partial charge in [-0.3, -0.25) is 9.59 Å². The van der Waals surface area contributed by atoms with E-state index in [1.807, 2.05) is 4.90 Å². The first-order chi connectivity index (χ1) is 11.5. The third kappa shape index (κ3) is 3.70. The second kappa shape index (κ2) is 7.32. The van der Waals surface area contributed by atoms with Crippen LogP contribution in [0.1, 0.15) is 42.5 Å². The Morgan fingerprint density at radius 3 is 2.62 bits per heavy atom. The maximum Gasteiger partial charge on any atom is 0.253 e. The Hall–Kier alpha value is -1.26. The summed E-state index contributed by atoms with van der Waals surface area (Å²) in [6.45, 7) is 1.34. The number of amides is 2. The second-order valence-corrected chi connectivity index (χ2v) is 7.68. The lowest BCUT2D eigenvalue weighted by molar-refractivity contribution is -0.129. The van der Waals surface area contributed by atoms with Crippen molar-refractivity contribution in [2.75, 3.05) is 20.1 Å². The Morgan fingerprint density at radius 1 is 1.25 bits per heavy atom. The van der Waals surface area contributed by atoms with Gasteiger partial charge in [0.25, 0.3) is 5.91 Å². The highest BCUT2D eigenvalue weighted by molar-refractivity contribution is 6.42. The molecule has 1 atom stereocenters. The monoisotopic (exact) mass is 368 g/mol. The zero-order chi connectivity index (χ0) is 17.3. The number of likely N-dealkylation sites (tertiary alicyclic amines) is 1. The van der Waals surface area contributed by atoms with Gasteiger partial charge in [-0.25, -0.2) is 0 Å². The van der Waals surface area contributed by atoms with Gasteiger partial charge in [0, 0.05) is 44.1 Å². The van der Waals surface area contributed by atoms with Crippen molar-refractivity contribution in [2.24, 2.45) is 5.92 Å². The lowest BCUT2D eigenvalue weighted by atomic mass is 10.1. The summed E-state index contributed by atoms with van der Waals surface area (Å²) >= 11 is 11.9. The number of benzene rings is 1. The van der Waals surface area contributed by atoms with Gasteiger partial charge < -0.3 is 9.80 Å². The first kappa shape index (κ1) is 17.6. The minimum Gasteiger partial charge on any atom is -0.341 e. The SMILES string of the molecule is CN(CC1CC(=O)N(C2CCCC2)C1)C(=O)c1ccc(Cl)c(Cl)c1. The van der Waals surface area contributed by atoms with E-state index >= 15 is 0 Å². The van der Waals surface area contributed by atoms with Crippen LogP contribution in [0.5, 0.6) is 0 Å². The number of nitrogens with zero attached hydrogens (tertiary/aromatic N) is 2. The molecule has 1 heterocycles. The van der Waals surface area contributed by atoms with Crippen LogP contribution in [0.25, 0.3) is 0 Å². The molecule has 1 aromatic carbocycles. The highest BCUT2D eigenvalue weighted by atomic mass is 35.5. The molecule has 1 aromatic rings. The lowest BCUT2D eigenvalue weighted by Crippen LogP contribution is -2.36. The van der Waals surface area contributed by atoms with E-state index in [-0.39, 0.29) is 17.7 Å². The van der Waals surface area contributed by atoms with Gasteiger partial charge in [-0.05, 0) is 31.0 Å². The van der Waals surface area contributed by atoms with Crippen LogP contribution >= 0.6 is 23.2 Å². The van der Waals surface area contributed by atoms with Crippen LogP contribution in [0.3, 0.4) is 0 Å². The molecule has 6 heteroatoms. The van der Waals surface area contributed by atoms with Gasteiger partial charge in [-0.2, -0.15) is 0 Å². The molecule has 0 N–H and O–H groups in total. The zero-order valence-electron chi connectivity index (χ0n) is 13.8. The maximum atomic E-state index is 12.5. The van der Waals surface area contributed by atoms with Crippen molar-refractivity contribution in [1.29, 1.82) is 0 Å². The summed E-state index contributed by atoms with van der Waals surface area (Å²) in [7, 11) is 1.77. The van der Waals surface area contributed by atoms with Crippen LogP contribution < -0.4 is 0 Å². The van der Waals surface area contributed by atoms with Gasteiger partial charge in [-0.15, -0.1) is 0 Å². The number of hydrogen-bond acceptors (Lipinski definition) is 2. The predicted octanol–water partition coefficient (Wildman–Crippen LogP) is 3.86. The van der Waals surface area contributed by atoms with Crippen molar-refractivity contribution in [1.82, 2.24) is 9.80 Å². The average Bonchev–Trinajstić information content (AvgIpc) is 3.18. The summed E-state index contributed by atoms with van der Waals surface area (Å²) in [5.41, 5.74) is 0.517. The predicted molar refractivity (Wildman–Crippen MR) is 95.5 cm³/mol. The fourth-order valence-electron chi connectivity index (χ4n) is 3.82. The van der Waals surface area contributed by atoms with Crippen LogP contribution in [0, 0.1) is 5.92 Å². The lowest BCUT2D eigenvalue weighted by Gasteiger charge is -2.25. The van der Waals surface area contributed by atoms with Crippen molar-refractivity contribution < 1.29 is 9.59 Å². The van der Waals surface area contributed by atoms with E-state index in [2.05, 4.69) is 0 Å². The molecule has 130 valence electrons. The van der Waals surface area contributed by atoms with Crippen molar-refractivity contribution in [3.8, 4) is 0 Å². The van der Waals surface area contributed by atoms with E-state index in [1.54, 1.807) is 30.1 Å². The summed E-state index contributed by atoms with van der Waals surface area (Å²) in [5, 5.41) is 0.809. The highest BCUT2D eigenvalue weighted by Gasteiger charge is 2.36. The minimum atomic E-state index is -0.0969. The molecule has 1 saturated heterocycles. The van der Waals surface area contributed by atoms with Gasteiger partial charge in [0.05, 0.1) is 10.0 Å². The topological polar surface area (TPSA) is 40.6 Å². The summed E-state index contributed by atoms with van der Waals surface area (Å²) < 4.78 is 0. The molecule has 0 aromatic heterocycles. The third-order valence-corrected chi connectivity index (χ3v) is 5.79. The van der Waals surface area contributed by atoms with Gasteiger partial charge in [0.15, 0.2) is 0 Å². The molecule has 2 amide bonds. The summed E-state index contributed by atoms with van der Waals surface area (Å²) in [5.74, 6) is 0.345. The first-order valence-corrected chi connectivity index (χ1v) is 9.21. The average molecular weight is 369 g/mol. The van der Waals surface area contributed by atoms with E-state index in [0.717, 1.165) is 19.4 Å². The summed E-state index contributed by atoms with van der Waals surface area (Å²) in [6.07, 6.45) is 5.21. The molecule has 24 heavy (non-hydrogen) atoms. The van der Waals surface area contributed by atoms with Crippen LogP contribution in [-0.2, 0) is 4.79 Å². The van der Waals surface area contributed by atoms with E-state index in [4.69, 9.17) is 23.2 Å². The number of carbonyl (C=O) groups excluding carboxylic acids is 2. The van der Waals surface area contributed by atoms with Gasteiger partial charge >= 0.3 is 0 Å². The van der Waals surface area contributed by atoms with Gasteiger partial charge in [0.2, 0.25) is 5.91 Å². The van der Waals surface area contributed by atoms with E-state index in [1.165, 1.54) is 12.8 Å². The third-order valence-electron chi connectivity index (χ3n) is 5.05. The summed E-state index contributed by atoms with van der Waals surface area (Å²) in [6, 6.07) is 5.32. The van der Waals surface area contributed by atoms with Gasteiger partial charge in [-0.1, -0.05) is 36.0 Å². The van der Waals surface area contributed by atoms with Crippen LogP contribution in [0.4, 0.5) is 0 Å². The summed E-state index contributed by atoms with van der Waals surface area (Å²) in [4.78, 5) is 28.5. The molecule has 0 spiro atoms. The Balaban J connectivity index is 1.60. The highest BCUT2D eigenvalue weighted by Crippen LogP contribution is 2.30. The minimum absolute atomic E-state index is 0.0969. The van der Waals surface area contributed by atoms with Crippen LogP contribution in [0.15, 0.2) is 18.2 Å². The van der Waals surface area contributed by atoms with E-state index < -0.39 is 0 Å². The van der Waals surface area contributed by atoms with Crippen LogP contribution in [-0.4, -0.2) is 47.8 Å². The smallest absolute Gasteiger partial charge is 0.253 e. The molecule has 2 aliphatic rings. The van der Waals surface area contributed by atoms with E-state index in [0.29, 0.717) is 34.6 Å². The molecule has 4 nitrogen and oxygen atoms in total. The Labute approximate surface area is 152 Å². The second-order valence-electron chi connectivity index (χ2n) is 6.87. The maximum absolute atomic E-state index is 12.5. The Morgan fingerprint density at radius 2 is 1.96 bits per heavy atom. The van der Waals surface area contributed by atoms with Crippen molar-refractivity contribution in [2.45, 2.75) is 38.1 Å². The van der Waals surface area contributed by atoms with E-state index in [9.17, 15) is 9.59 Å². The number of hydrogen-bond donors (Lipinski definition) is 0. The fourth-order valence-corrected chi connectivity index (χ4v) is 4.12. The Bertz CT molecular complexity index is 644. The molecule has 1 aliphatic heterocycles. The Kier molecular flexibility index (Phi) is 5.36. The molecule has 2 fully saturated rings. The molecule has 0 radical (unpaired) electrons. The molecule has 1 saturated carbocycles. The van der Waals surface area contributed by atoms with Crippen LogP contribution in [0.2, 0.25) is 10.0 Å². The quantitative estimate of drug-likeness (QED) is 0.809. The molecular formula is C18H22Cl2N2O2. The molecule has 1 aliphatic carbocycles.